The molecule has 0 radical (unpaired) electrons. The minimum absolute atomic E-state index is 0.0575. The highest BCUT2D eigenvalue weighted by molar-refractivity contribution is 6.30. The molecule has 2 aliphatic rings. The molecule has 1 aliphatic heterocycles. The number of ether oxygens (including phenoxy) is 1. The number of hydrazine groups is 1. The third kappa shape index (κ3) is 3.84. The number of amides is 4. The molecule has 1 saturated heterocycles. The highest BCUT2D eigenvalue weighted by Gasteiger charge is 2.50. The molecule has 4 amide bonds. The highest BCUT2D eigenvalue weighted by Crippen LogP contribution is 2.30. The van der Waals surface area contributed by atoms with E-state index in [1.807, 2.05) is 0 Å². The van der Waals surface area contributed by atoms with Crippen molar-refractivity contribution in [1.82, 2.24) is 15.8 Å². The molecule has 1 fully saturated rings. The maximum atomic E-state index is 13.1. The largest absolute Gasteiger partial charge is 0.452 e. The molecule has 0 bridgehead atoms. The second kappa shape index (κ2) is 8.83. The van der Waals surface area contributed by atoms with Gasteiger partial charge in [0, 0.05) is 22.3 Å². The number of hydrogen-bond acceptors (Lipinski definition) is 7. The van der Waals surface area contributed by atoms with E-state index in [0.29, 0.717) is 10.6 Å². The predicted octanol–water partition coefficient (Wildman–Crippen LogP) is 2.12. The lowest BCUT2D eigenvalue weighted by molar-refractivity contribution is -0.140. The number of nitrogens with one attached hydrogen (secondary N) is 2. The van der Waals surface area contributed by atoms with Crippen LogP contribution in [-0.2, 0) is 19.9 Å². The van der Waals surface area contributed by atoms with Crippen LogP contribution in [0.5, 0.6) is 0 Å². The number of ketones is 2. The Balaban J connectivity index is 1.29. The van der Waals surface area contributed by atoms with Crippen LogP contribution in [0.4, 0.5) is 4.79 Å². The molecule has 0 saturated carbocycles. The number of hydrogen-bond donors (Lipinski definition) is 2. The average Bonchev–Trinajstić information content (AvgIpc) is 3.14. The normalized spacial score (nSPS) is 18.1. The van der Waals surface area contributed by atoms with Gasteiger partial charge < -0.3 is 10.1 Å². The van der Waals surface area contributed by atoms with E-state index in [0.717, 1.165) is 0 Å². The number of rotatable bonds is 5. The van der Waals surface area contributed by atoms with Gasteiger partial charge in [0.15, 0.2) is 18.2 Å². The molecule has 10 nitrogen and oxygen atoms in total. The monoisotopic (exact) mass is 497 g/mol. The fourth-order valence-corrected chi connectivity index (χ4v) is 4.39. The summed E-state index contributed by atoms with van der Waals surface area (Å²) in [7, 11) is 0. The number of carbonyl (C=O) groups excluding carboxylic acids is 6. The van der Waals surface area contributed by atoms with Crippen LogP contribution in [0, 0.1) is 0 Å². The van der Waals surface area contributed by atoms with E-state index in [4.69, 9.17) is 4.74 Å². The minimum atomic E-state index is -1.39. The van der Waals surface area contributed by atoms with Gasteiger partial charge in [-0.1, -0.05) is 66.7 Å². The van der Waals surface area contributed by atoms with Crippen LogP contribution in [0.3, 0.4) is 0 Å². The molecule has 1 atom stereocenters. The lowest BCUT2D eigenvalue weighted by Crippen LogP contribution is -2.49. The van der Waals surface area contributed by atoms with Crippen LogP contribution in [0.2, 0.25) is 0 Å². The van der Waals surface area contributed by atoms with Gasteiger partial charge in [-0.05, 0) is 18.6 Å². The summed E-state index contributed by atoms with van der Waals surface area (Å²) in [6.45, 7) is 0.657. The summed E-state index contributed by atoms with van der Waals surface area (Å²) < 4.78 is 5.06. The van der Waals surface area contributed by atoms with Gasteiger partial charge in [0.05, 0.1) is 5.56 Å². The van der Waals surface area contributed by atoms with Crippen molar-refractivity contribution in [3.8, 4) is 0 Å². The Morgan fingerprint density at radius 3 is 2.16 bits per heavy atom. The first-order valence-electron chi connectivity index (χ1n) is 11.2. The summed E-state index contributed by atoms with van der Waals surface area (Å²) in [5, 5.41) is 3.06. The molecule has 2 N–H and O–H groups in total. The summed E-state index contributed by atoms with van der Waals surface area (Å²) in [6.07, 6.45) is 0. The number of imide groups is 1. The summed E-state index contributed by atoms with van der Waals surface area (Å²) in [6, 6.07) is 18.1. The van der Waals surface area contributed by atoms with Crippen molar-refractivity contribution >= 4 is 35.4 Å². The van der Waals surface area contributed by atoms with E-state index in [2.05, 4.69) is 10.7 Å². The van der Waals surface area contributed by atoms with Gasteiger partial charge in [-0.15, -0.1) is 0 Å². The van der Waals surface area contributed by atoms with E-state index in [-0.39, 0.29) is 27.8 Å². The molecule has 0 unspecified atom stereocenters. The topological polar surface area (TPSA) is 139 Å². The Kier molecular flexibility index (Phi) is 5.63. The van der Waals surface area contributed by atoms with Crippen LogP contribution in [0.15, 0.2) is 72.8 Å². The van der Waals surface area contributed by atoms with Crippen LogP contribution in [-0.4, -0.2) is 47.0 Å². The Labute approximate surface area is 210 Å². The first-order valence-corrected chi connectivity index (χ1v) is 11.2. The molecule has 1 heterocycles. The third-order valence-electron chi connectivity index (χ3n) is 6.29. The molecule has 3 aromatic rings. The Bertz CT molecular complexity index is 1520. The van der Waals surface area contributed by atoms with Gasteiger partial charge in [0.1, 0.15) is 5.54 Å². The number of esters is 1. The Morgan fingerprint density at radius 2 is 1.46 bits per heavy atom. The minimum Gasteiger partial charge on any atom is -0.452 e. The summed E-state index contributed by atoms with van der Waals surface area (Å²) >= 11 is 0. The van der Waals surface area contributed by atoms with E-state index in [1.165, 1.54) is 37.3 Å². The molecule has 3 aromatic carbocycles. The van der Waals surface area contributed by atoms with Gasteiger partial charge in [0.25, 0.3) is 11.8 Å². The Hall–Kier alpha value is -5.12. The molecule has 37 heavy (non-hydrogen) atoms. The van der Waals surface area contributed by atoms with Crippen LogP contribution in [0.1, 0.15) is 54.7 Å². The zero-order chi connectivity index (χ0) is 26.3. The molecular formula is C27H19N3O7. The number of carbonyl (C=O) groups is 6. The molecular weight excluding hydrogens is 478 g/mol. The first-order chi connectivity index (χ1) is 17.7. The Morgan fingerprint density at radius 1 is 0.838 bits per heavy atom. The van der Waals surface area contributed by atoms with Crippen molar-refractivity contribution in [2.75, 3.05) is 6.61 Å². The molecule has 10 heteroatoms. The van der Waals surface area contributed by atoms with Crippen molar-refractivity contribution in [1.29, 1.82) is 0 Å². The van der Waals surface area contributed by atoms with Crippen LogP contribution < -0.4 is 10.7 Å². The standard InChI is InChI=1S/C27H19N3O7/c1-27(15-8-3-2-4-9-15)25(35)30(26(36)28-27)29-20(31)14-37-24(34)19-13-7-12-18-21(19)23(33)17-11-6-5-10-16(17)22(18)32/h2-13H,14H2,1H3,(H,28,36)(H,29,31)/t27-/m1/s1. The summed E-state index contributed by atoms with van der Waals surface area (Å²) in [4.78, 5) is 76.5. The number of benzene rings is 3. The summed E-state index contributed by atoms with van der Waals surface area (Å²) in [5.41, 5.74) is 1.44. The van der Waals surface area contributed by atoms with E-state index < -0.39 is 47.5 Å². The van der Waals surface area contributed by atoms with Gasteiger partial charge >= 0.3 is 12.0 Å². The molecule has 5 rings (SSSR count). The third-order valence-corrected chi connectivity index (χ3v) is 6.29. The average molecular weight is 497 g/mol. The number of fused-ring (bicyclic) bond motifs is 2. The highest BCUT2D eigenvalue weighted by atomic mass is 16.5. The smallest absolute Gasteiger partial charge is 0.344 e. The van der Waals surface area contributed by atoms with Gasteiger partial charge in [-0.25, -0.2) is 9.59 Å². The zero-order valence-electron chi connectivity index (χ0n) is 19.4. The van der Waals surface area contributed by atoms with Gasteiger partial charge in [-0.2, -0.15) is 5.01 Å². The van der Waals surface area contributed by atoms with Gasteiger partial charge in [-0.3, -0.25) is 24.6 Å². The van der Waals surface area contributed by atoms with Crippen LogP contribution in [0.25, 0.3) is 0 Å². The second-order valence-electron chi connectivity index (χ2n) is 8.60. The number of urea groups is 1. The van der Waals surface area contributed by atoms with Crippen molar-refractivity contribution < 1.29 is 33.5 Å². The van der Waals surface area contributed by atoms with E-state index in [1.54, 1.807) is 42.5 Å². The number of nitrogens with zero attached hydrogens (tertiary/aromatic N) is 1. The molecule has 0 spiro atoms. The maximum absolute atomic E-state index is 13.1. The molecule has 1 aliphatic carbocycles. The summed E-state index contributed by atoms with van der Waals surface area (Å²) in [5.74, 6) is -3.60. The quantitative estimate of drug-likeness (QED) is 0.318. The van der Waals surface area contributed by atoms with E-state index >= 15 is 0 Å². The zero-order valence-corrected chi connectivity index (χ0v) is 19.4. The SMILES string of the molecule is C[C@]1(c2ccccc2)NC(=O)N(NC(=O)COC(=O)c2cccc3c2C(=O)c2ccccc2C3=O)C1=O. The van der Waals surface area contributed by atoms with E-state index in [9.17, 15) is 28.8 Å². The lowest BCUT2D eigenvalue weighted by atomic mass is 9.82. The van der Waals surface area contributed by atoms with Crippen molar-refractivity contribution in [3.63, 3.8) is 0 Å². The predicted molar refractivity (Wildman–Crippen MR) is 127 cm³/mol. The molecule has 0 aromatic heterocycles. The van der Waals surface area contributed by atoms with Crippen molar-refractivity contribution in [2.24, 2.45) is 0 Å². The second-order valence-corrected chi connectivity index (χ2v) is 8.60. The van der Waals surface area contributed by atoms with Gasteiger partial charge in [0.2, 0.25) is 0 Å². The lowest BCUT2D eigenvalue weighted by Gasteiger charge is -2.22. The first kappa shape index (κ1) is 23.6. The fraction of sp³-hybridized carbons (Fsp3) is 0.111. The maximum Gasteiger partial charge on any atom is 0.344 e. The molecule has 184 valence electrons. The van der Waals surface area contributed by atoms with Crippen molar-refractivity contribution in [3.05, 3.63) is 106 Å². The van der Waals surface area contributed by atoms with Crippen LogP contribution >= 0.6 is 0 Å². The fourth-order valence-electron chi connectivity index (χ4n) is 4.39. The van der Waals surface area contributed by atoms with Crippen molar-refractivity contribution in [2.45, 2.75) is 12.5 Å².